The van der Waals surface area contributed by atoms with Crippen molar-refractivity contribution in [3.63, 3.8) is 0 Å². The van der Waals surface area contributed by atoms with Crippen molar-refractivity contribution in [3.05, 3.63) is 29.8 Å². The average molecular weight is 313 g/mol. The van der Waals surface area contributed by atoms with Gasteiger partial charge in [0.15, 0.2) is 0 Å². The molecule has 2 aliphatic rings. The largest absolute Gasteiger partial charge is 0.396 e. The van der Waals surface area contributed by atoms with E-state index in [2.05, 4.69) is 43.7 Å². The number of hydrogen-bond donors (Lipinski definition) is 2. The molecule has 0 unspecified atom stereocenters. The zero-order valence-corrected chi connectivity index (χ0v) is 13.3. The summed E-state index contributed by atoms with van der Waals surface area (Å²) in [6.07, 6.45) is 5.98. The third-order valence-electron chi connectivity index (χ3n) is 5.65. The fourth-order valence-corrected chi connectivity index (χ4v) is 4.55. The summed E-state index contributed by atoms with van der Waals surface area (Å²) < 4.78 is 0. The van der Waals surface area contributed by atoms with Gasteiger partial charge in [-0.3, -0.25) is 4.90 Å². The lowest BCUT2D eigenvalue weighted by Gasteiger charge is -2.45. The van der Waals surface area contributed by atoms with Crippen LogP contribution in [0.1, 0.15) is 37.7 Å². The van der Waals surface area contributed by atoms with Crippen LogP contribution in [0.2, 0.25) is 0 Å². The van der Waals surface area contributed by atoms with E-state index in [-0.39, 0.29) is 5.41 Å². The summed E-state index contributed by atoms with van der Waals surface area (Å²) in [7, 11) is 0. The summed E-state index contributed by atoms with van der Waals surface area (Å²) in [5.74, 6) is 0.635. The van der Waals surface area contributed by atoms with Crippen molar-refractivity contribution in [1.29, 1.82) is 0 Å². The molecule has 122 valence electrons. The zero-order valence-electron chi connectivity index (χ0n) is 13.3. The molecule has 0 radical (unpaired) electrons. The molecule has 1 aliphatic heterocycles. The Morgan fingerprint density at radius 3 is 3.04 bits per heavy atom. The molecule has 0 spiro atoms. The van der Waals surface area contributed by atoms with Crippen LogP contribution >= 0.6 is 0 Å². The van der Waals surface area contributed by atoms with Crippen LogP contribution in [0, 0.1) is 5.41 Å². The number of nitrogens with one attached hydrogen (secondary N) is 1. The Morgan fingerprint density at radius 1 is 1.30 bits per heavy atom. The van der Waals surface area contributed by atoms with Gasteiger partial charge in [0.25, 0.3) is 0 Å². The number of nitrogens with zero attached hydrogens (tertiary/aromatic N) is 4. The normalized spacial score (nSPS) is 28.0. The second-order valence-electron chi connectivity index (χ2n) is 6.94. The lowest BCUT2D eigenvalue weighted by atomic mass is 9.75. The summed E-state index contributed by atoms with van der Waals surface area (Å²) in [5, 5.41) is 24.2. The second kappa shape index (κ2) is 6.02. The molecule has 1 saturated heterocycles. The quantitative estimate of drug-likeness (QED) is 0.902. The van der Waals surface area contributed by atoms with Gasteiger partial charge in [-0.1, -0.05) is 24.6 Å². The Kier molecular flexibility index (Phi) is 3.87. The first-order valence-corrected chi connectivity index (χ1v) is 8.48. The van der Waals surface area contributed by atoms with Gasteiger partial charge in [-0.05, 0) is 49.1 Å². The third kappa shape index (κ3) is 2.66. The third-order valence-corrected chi connectivity index (χ3v) is 5.65. The van der Waals surface area contributed by atoms with Gasteiger partial charge in [-0.2, -0.15) is 5.21 Å². The van der Waals surface area contributed by atoms with Crippen LogP contribution in [0.5, 0.6) is 0 Å². The van der Waals surface area contributed by atoms with Crippen LogP contribution in [0.25, 0.3) is 11.4 Å². The lowest BCUT2D eigenvalue weighted by Crippen LogP contribution is -2.50. The first kappa shape index (κ1) is 14.8. The standard InChI is InChI=1S/C17H23N5O/c23-12-17-7-2-6-15(17)22(9-3-8-17)11-13-4-1-5-14(10-13)16-18-20-21-19-16/h1,4-5,10,15,23H,2-3,6-9,11-12H2,(H,18,19,20,21)/t15-,17-/m1/s1. The number of hydrogen-bond acceptors (Lipinski definition) is 5. The predicted molar refractivity (Wildman–Crippen MR) is 86.4 cm³/mol. The first-order chi connectivity index (χ1) is 11.3. The van der Waals surface area contributed by atoms with E-state index >= 15 is 0 Å². The number of likely N-dealkylation sites (tertiary alicyclic amines) is 1. The highest BCUT2D eigenvalue weighted by atomic mass is 16.3. The molecule has 0 amide bonds. The average Bonchev–Trinajstić information content (AvgIpc) is 3.26. The Hall–Kier alpha value is -1.79. The molecule has 1 saturated carbocycles. The monoisotopic (exact) mass is 313 g/mol. The van der Waals surface area contributed by atoms with Crippen molar-refractivity contribution in [1.82, 2.24) is 25.5 Å². The van der Waals surface area contributed by atoms with Crippen LogP contribution in [-0.4, -0.2) is 49.8 Å². The number of rotatable bonds is 4. The fraction of sp³-hybridized carbons (Fsp3) is 0.588. The smallest absolute Gasteiger partial charge is 0.204 e. The van der Waals surface area contributed by atoms with E-state index in [9.17, 15) is 5.11 Å². The number of aliphatic hydroxyl groups excluding tert-OH is 1. The molecule has 1 aromatic heterocycles. The van der Waals surface area contributed by atoms with Gasteiger partial charge in [0.2, 0.25) is 5.82 Å². The van der Waals surface area contributed by atoms with Crippen LogP contribution < -0.4 is 0 Å². The molecule has 23 heavy (non-hydrogen) atoms. The minimum atomic E-state index is 0.142. The summed E-state index contributed by atoms with van der Waals surface area (Å²) in [6, 6.07) is 8.90. The van der Waals surface area contributed by atoms with Crippen molar-refractivity contribution in [2.45, 2.75) is 44.7 Å². The van der Waals surface area contributed by atoms with Gasteiger partial charge < -0.3 is 5.11 Å². The van der Waals surface area contributed by atoms with Crippen molar-refractivity contribution in [2.24, 2.45) is 5.41 Å². The highest BCUT2D eigenvalue weighted by Gasteiger charge is 2.47. The van der Waals surface area contributed by atoms with Gasteiger partial charge in [-0.15, -0.1) is 10.2 Å². The Morgan fingerprint density at radius 2 is 2.22 bits per heavy atom. The van der Waals surface area contributed by atoms with E-state index in [1.165, 1.54) is 37.7 Å². The fourth-order valence-electron chi connectivity index (χ4n) is 4.55. The molecule has 1 aliphatic carbocycles. The number of aromatic nitrogens is 4. The molecule has 2 N–H and O–H groups in total. The molecule has 2 fully saturated rings. The molecule has 2 atom stereocenters. The van der Waals surface area contributed by atoms with Gasteiger partial charge in [0.1, 0.15) is 0 Å². The number of tetrazole rings is 1. The van der Waals surface area contributed by atoms with E-state index in [0.29, 0.717) is 18.5 Å². The Balaban J connectivity index is 1.55. The van der Waals surface area contributed by atoms with Gasteiger partial charge in [0.05, 0.1) is 6.61 Å². The number of fused-ring (bicyclic) bond motifs is 1. The van der Waals surface area contributed by atoms with E-state index in [1.807, 2.05) is 6.07 Å². The van der Waals surface area contributed by atoms with Gasteiger partial charge in [0, 0.05) is 23.6 Å². The predicted octanol–water partition coefficient (Wildman–Crippen LogP) is 1.99. The maximum atomic E-state index is 9.95. The van der Waals surface area contributed by atoms with E-state index < -0.39 is 0 Å². The van der Waals surface area contributed by atoms with Crippen LogP contribution in [-0.2, 0) is 6.54 Å². The van der Waals surface area contributed by atoms with Crippen molar-refractivity contribution >= 4 is 0 Å². The highest BCUT2D eigenvalue weighted by molar-refractivity contribution is 5.54. The molecular formula is C17H23N5O. The summed E-state index contributed by atoms with van der Waals surface area (Å²) in [4.78, 5) is 2.57. The minimum absolute atomic E-state index is 0.142. The van der Waals surface area contributed by atoms with Gasteiger partial charge in [-0.25, -0.2) is 0 Å². The molecule has 2 aromatic rings. The molecule has 6 heteroatoms. The molecule has 2 heterocycles. The number of aromatic amines is 1. The summed E-state index contributed by atoms with van der Waals surface area (Å²) in [5.41, 5.74) is 2.41. The number of benzene rings is 1. The number of aliphatic hydroxyl groups is 1. The van der Waals surface area contributed by atoms with Crippen molar-refractivity contribution in [3.8, 4) is 11.4 Å². The van der Waals surface area contributed by atoms with E-state index in [1.54, 1.807) is 0 Å². The molecular weight excluding hydrogens is 290 g/mol. The molecule has 4 rings (SSSR count). The zero-order chi connectivity index (χ0) is 15.7. The van der Waals surface area contributed by atoms with Crippen LogP contribution in [0.3, 0.4) is 0 Å². The van der Waals surface area contributed by atoms with Crippen molar-refractivity contribution in [2.75, 3.05) is 13.2 Å². The van der Waals surface area contributed by atoms with E-state index in [4.69, 9.17) is 0 Å². The maximum Gasteiger partial charge on any atom is 0.204 e. The van der Waals surface area contributed by atoms with Gasteiger partial charge >= 0.3 is 0 Å². The Bertz CT molecular complexity index is 659. The van der Waals surface area contributed by atoms with E-state index in [0.717, 1.165) is 18.7 Å². The number of H-pyrrole nitrogens is 1. The minimum Gasteiger partial charge on any atom is -0.396 e. The SMILES string of the molecule is OC[C@]12CCC[C@H]1N(Cc1cccc(-c3nn[nH]n3)c1)CCC2. The summed E-state index contributed by atoms with van der Waals surface area (Å²) in [6.45, 7) is 2.38. The first-order valence-electron chi connectivity index (χ1n) is 8.48. The molecule has 0 bridgehead atoms. The number of piperidine rings is 1. The van der Waals surface area contributed by atoms with Crippen LogP contribution in [0.15, 0.2) is 24.3 Å². The second-order valence-corrected chi connectivity index (χ2v) is 6.94. The molecule has 6 nitrogen and oxygen atoms in total. The van der Waals surface area contributed by atoms with Crippen molar-refractivity contribution < 1.29 is 5.11 Å². The summed E-state index contributed by atoms with van der Waals surface area (Å²) >= 11 is 0. The topological polar surface area (TPSA) is 77.9 Å². The van der Waals surface area contributed by atoms with Crippen LogP contribution in [0.4, 0.5) is 0 Å². The Labute approximate surface area is 135 Å². The maximum absolute atomic E-state index is 9.95. The molecule has 1 aromatic carbocycles. The highest BCUT2D eigenvalue weighted by Crippen LogP contribution is 2.47. The lowest BCUT2D eigenvalue weighted by molar-refractivity contribution is -0.00972.